The minimum Gasteiger partial charge on any atom is -0.356 e. The molecule has 0 aliphatic carbocycles. The zero-order valence-corrected chi connectivity index (χ0v) is 15.4. The fourth-order valence-electron chi connectivity index (χ4n) is 2.01. The second-order valence-electron chi connectivity index (χ2n) is 4.81. The highest BCUT2D eigenvalue weighted by molar-refractivity contribution is 14.0. The third-order valence-corrected chi connectivity index (χ3v) is 3.16. The third-order valence-electron chi connectivity index (χ3n) is 3.16. The quantitative estimate of drug-likeness (QED) is 0.239. The number of nitrogens with zero attached hydrogens (tertiary/aromatic N) is 2. The lowest BCUT2D eigenvalue weighted by molar-refractivity contribution is 0.470. The van der Waals surface area contributed by atoms with Crippen molar-refractivity contribution in [3.8, 4) is 0 Å². The summed E-state index contributed by atoms with van der Waals surface area (Å²) in [4.78, 5) is 6.18. The molecular formula is C16H24F2IN3. The molecule has 0 atom stereocenters. The van der Waals surface area contributed by atoms with Gasteiger partial charge in [0.1, 0.15) is 11.6 Å². The average molecular weight is 423 g/mol. The van der Waals surface area contributed by atoms with Gasteiger partial charge in [-0.25, -0.2) is 8.78 Å². The Morgan fingerprint density at radius 1 is 1.41 bits per heavy atom. The first-order valence-electron chi connectivity index (χ1n) is 7.05. The maximum Gasteiger partial charge on any atom is 0.193 e. The zero-order chi connectivity index (χ0) is 15.7. The molecule has 0 aliphatic heterocycles. The summed E-state index contributed by atoms with van der Waals surface area (Å²) in [5.74, 6) is -0.0549. The molecule has 1 N–H and O–H groups in total. The Bertz CT molecular complexity index is 492. The monoisotopic (exact) mass is 423 g/mol. The third kappa shape index (κ3) is 7.20. The summed E-state index contributed by atoms with van der Waals surface area (Å²) in [5, 5.41) is 3.15. The molecule has 0 heterocycles. The number of aliphatic imine (C=N–C) groups is 1. The van der Waals surface area contributed by atoms with Crippen molar-refractivity contribution in [1.29, 1.82) is 0 Å². The molecule has 1 rings (SSSR count). The van der Waals surface area contributed by atoms with E-state index in [1.165, 1.54) is 6.07 Å². The van der Waals surface area contributed by atoms with Gasteiger partial charge in [0, 0.05) is 27.2 Å². The highest BCUT2D eigenvalue weighted by atomic mass is 127. The van der Waals surface area contributed by atoms with Crippen molar-refractivity contribution in [3.05, 3.63) is 48.1 Å². The maximum atomic E-state index is 13.5. The Balaban J connectivity index is 0.00000441. The fourth-order valence-corrected chi connectivity index (χ4v) is 2.01. The molecule has 0 saturated heterocycles. The Morgan fingerprint density at radius 2 is 2.14 bits per heavy atom. The van der Waals surface area contributed by atoms with Crippen molar-refractivity contribution in [2.45, 2.75) is 19.3 Å². The molecule has 22 heavy (non-hydrogen) atoms. The molecule has 0 amide bonds. The lowest BCUT2D eigenvalue weighted by atomic mass is 10.1. The molecule has 0 bridgehead atoms. The Morgan fingerprint density at radius 3 is 2.77 bits per heavy atom. The van der Waals surface area contributed by atoms with E-state index in [9.17, 15) is 8.78 Å². The summed E-state index contributed by atoms with van der Waals surface area (Å²) in [5.41, 5.74) is 0.368. The molecule has 0 unspecified atom stereocenters. The van der Waals surface area contributed by atoms with Gasteiger partial charge in [0.25, 0.3) is 0 Å². The van der Waals surface area contributed by atoms with E-state index in [2.05, 4.69) is 16.9 Å². The van der Waals surface area contributed by atoms with E-state index in [0.717, 1.165) is 37.5 Å². The largest absolute Gasteiger partial charge is 0.356 e. The van der Waals surface area contributed by atoms with E-state index >= 15 is 0 Å². The van der Waals surface area contributed by atoms with Gasteiger partial charge in [0.2, 0.25) is 0 Å². The summed E-state index contributed by atoms with van der Waals surface area (Å²) in [7, 11) is 3.65. The lowest BCUT2D eigenvalue weighted by Gasteiger charge is -2.21. The van der Waals surface area contributed by atoms with E-state index in [1.54, 1.807) is 7.05 Å². The number of benzene rings is 1. The number of unbranched alkanes of at least 4 members (excludes halogenated alkanes) is 1. The molecule has 0 aromatic heterocycles. The minimum absolute atomic E-state index is 0. The number of guanidine groups is 1. The normalized spacial score (nSPS) is 10.8. The van der Waals surface area contributed by atoms with Gasteiger partial charge in [-0.3, -0.25) is 4.99 Å². The molecule has 0 aliphatic rings. The minimum atomic E-state index is -0.419. The van der Waals surface area contributed by atoms with Crippen molar-refractivity contribution < 1.29 is 8.78 Å². The Kier molecular flexibility index (Phi) is 10.8. The van der Waals surface area contributed by atoms with Crippen LogP contribution in [0.5, 0.6) is 0 Å². The number of hydrogen-bond acceptors (Lipinski definition) is 1. The first-order chi connectivity index (χ1) is 10.1. The van der Waals surface area contributed by atoms with E-state index < -0.39 is 5.82 Å². The van der Waals surface area contributed by atoms with Crippen molar-refractivity contribution in [2.24, 2.45) is 4.99 Å². The van der Waals surface area contributed by atoms with E-state index in [4.69, 9.17) is 0 Å². The molecule has 0 radical (unpaired) electrons. The van der Waals surface area contributed by atoms with Gasteiger partial charge >= 0.3 is 0 Å². The van der Waals surface area contributed by atoms with Crippen LogP contribution >= 0.6 is 24.0 Å². The molecule has 3 nitrogen and oxygen atoms in total. The van der Waals surface area contributed by atoms with Crippen molar-refractivity contribution in [2.75, 3.05) is 27.2 Å². The molecule has 1 aromatic rings. The van der Waals surface area contributed by atoms with Crippen LogP contribution < -0.4 is 5.32 Å². The first-order valence-corrected chi connectivity index (χ1v) is 7.05. The molecule has 6 heteroatoms. The fraction of sp³-hybridized carbons (Fsp3) is 0.438. The summed E-state index contributed by atoms with van der Waals surface area (Å²) in [6.07, 6.45) is 4.24. The Hall–Kier alpha value is -1.18. The molecule has 1 aromatic carbocycles. The second-order valence-corrected chi connectivity index (χ2v) is 4.81. The topological polar surface area (TPSA) is 27.6 Å². The highest BCUT2D eigenvalue weighted by Gasteiger charge is 2.07. The number of hydrogen-bond donors (Lipinski definition) is 1. The van der Waals surface area contributed by atoms with Gasteiger partial charge in [0.05, 0.1) is 0 Å². The lowest BCUT2D eigenvalue weighted by Crippen LogP contribution is -2.40. The summed E-state index contributed by atoms with van der Waals surface area (Å²) in [6, 6.07) is 3.51. The van der Waals surface area contributed by atoms with Gasteiger partial charge in [-0.05, 0) is 43.0 Å². The van der Waals surface area contributed by atoms with Crippen LogP contribution in [0.25, 0.3) is 0 Å². The van der Waals surface area contributed by atoms with E-state index in [0.29, 0.717) is 18.5 Å². The molecule has 0 spiro atoms. The second kappa shape index (κ2) is 11.4. The van der Waals surface area contributed by atoms with Crippen LogP contribution in [0.15, 0.2) is 35.8 Å². The van der Waals surface area contributed by atoms with Crippen LogP contribution in [-0.2, 0) is 6.42 Å². The summed E-state index contributed by atoms with van der Waals surface area (Å²) < 4.78 is 26.6. The highest BCUT2D eigenvalue weighted by Crippen LogP contribution is 2.09. The number of rotatable bonds is 7. The SMILES string of the molecule is C=CCCCN(C)C(=NC)NCCc1cc(F)ccc1F.I. The van der Waals surface area contributed by atoms with Crippen molar-refractivity contribution in [3.63, 3.8) is 0 Å². The molecule has 124 valence electrons. The Labute approximate surface area is 148 Å². The number of halogens is 3. The van der Waals surface area contributed by atoms with Gasteiger partial charge in [0.15, 0.2) is 5.96 Å². The molecule has 0 saturated carbocycles. The van der Waals surface area contributed by atoms with Crippen LogP contribution in [-0.4, -0.2) is 38.0 Å². The first kappa shape index (κ1) is 20.8. The van der Waals surface area contributed by atoms with E-state index in [-0.39, 0.29) is 29.8 Å². The predicted octanol–water partition coefficient (Wildman–Crippen LogP) is 3.60. The molecule has 0 fully saturated rings. The van der Waals surface area contributed by atoms with Gasteiger partial charge < -0.3 is 10.2 Å². The predicted molar refractivity (Wildman–Crippen MR) is 98.9 cm³/mol. The van der Waals surface area contributed by atoms with Gasteiger partial charge in [-0.2, -0.15) is 0 Å². The average Bonchev–Trinajstić information content (AvgIpc) is 2.47. The maximum absolute atomic E-state index is 13.5. The van der Waals surface area contributed by atoms with Crippen LogP contribution in [0.4, 0.5) is 8.78 Å². The zero-order valence-electron chi connectivity index (χ0n) is 13.1. The summed E-state index contributed by atoms with van der Waals surface area (Å²) >= 11 is 0. The van der Waals surface area contributed by atoms with Crippen molar-refractivity contribution in [1.82, 2.24) is 10.2 Å². The van der Waals surface area contributed by atoms with Crippen molar-refractivity contribution >= 4 is 29.9 Å². The van der Waals surface area contributed by atoms with Gasteiger partial charge in [-0.1, -0.05) is 6.08 Å². The summed E-state index contributed by atoms with van der Waals surface area (Å²) in [6.45, 7) is 5.05. The number of allylic oxidation sites excluding steroid dienone is 1. The van der Waals surface area contributed by atoms with Crippen LogP contribution in [0.3, 0.4) is 0 Å². The van der Waals surface area contributed by atoms with Gasteiger partial charge in [-0.15, -0.1) is 30.6 Å². The standard InChI is InChI=1S/C16H23F2N3.HI/c1-4-5-6-11-21(3)16(19-2)20-10-9-13-12-14(17)7-8-15(13)18;/h4,7-8,12H,1,5-6,9-11H2,2-3H3,(H,19,20);1H. The van der Waals surface area contributed by atoms with Crippen LogP contribution in [0.2, 0.25) is 0 Å². The van der Waals surface area contributed by atoms with Crippen LogP contribution in [0.1, 0.15) is 18.4 Å². The van der Waals surface area contributed by atoms with E-state index in [1.807, 2.05) is 18.0 Å². The van der Waals surface area contributed by atoms with Crippen LogP contribution in [0, 0.1) is 11.6 Å². The smallest absolute Gasteiger partial charge is 0.193 e. The number of nitrogens with one attached hydrogen (secondary N) is 1. The molecular weight excluding hydrogens is 399 g/mol.